The molecule has 1 aliphatic rings. The molecule has 1 aromatic carbocycles. The summed E-state index contributed by atoms with van der Waals surface area (Å²) in [6.07, 6.45) is 2.60. The first-order valence-electron chi connectivity index (χ1n) is 4.87. The maximum Gasteiger partial charge on any atom is 0.0969 e. The first kappa shape index (κ1) is 8.38. The Morgan fingerprint density at radius 3 is 3.00 bits per heavy atom. The van der Waals surface area contributed by atoms with Crippen LogP contribution in [0.5, 0.6) is 0 Å². The van der Waals surface area contributed by atoms with Crippen molar-refractivity contribution in [1.82, 2.24) is 4.98 Å². The first-order chi connectivity index (χ1) is 6.86. The minimum atomic E-state index is 0.103. The third-order valence-electron chi connectivity index (χ3n) is 2.58. The van der Waals surface area contributed by atoms with E-state index in [1.54, 1.807) is 11.3 Å². The van der Waals surface area contributed by atoms with Crippen LogP contribution >= 0.6 is 11.3 Å². The summed E-state index contributed by atoms with van der Waals surface area (Å²) < 4.78 is 1.24. The average Bonchev–Trinajstić information content (AvgIpc) is 2.97. The number of benzene rings is 1. The molecule has 2 nitrogen and oxygen atoms in total. The van der Waals surface area contributed by atoms with Gasteiger partial charge in [0.05, 0.1) is 21.8 Å². The van der Waals surface area contributed by atoms with Crippen LogP contribution in [0.4, 0.5) is 0 Å². The normalized spacial score (nSPS) is 16.4. The predicted molar refractivity (Wildman–Crippen MR) is 57.5 cm³/mol. The molecule has 0 amide bonds. The second-order valence-corrected chi connectivity index (χ2v) is 4.85. The second-order valence-electron chi connectivity index (χ2n) is 3.79. The van der Waals surface area contributed by atoms with Gasteiger partial charge in [-0.2, -0.15) is 0 Å². The number of thiazole rings is 1. The van der Waals surface area contributed by atoms with Gasteiger partial charge in [0.1, 0.15) is 0 Å². The number of hydrogen-bond donors (Lipinski definition) is 1. The fourth-order valence-electron chi connectivity index (χ4n) is 1.59. The third kappa shape index (κ3) is 1.33. The summed E-state index contributed by atoms with van der Waals surface area (Å²) in [6.45, 7) is 0.103. The van der Waals surface area contributed by atoms with Gasteiger partial charge >= 0.3 is 0 Å². The van der Waals surface area contributed by atoms with Gasteiger partial charge in [-0.1, -0.05) is 6.07 Å². The number of fused-ring (bicyclic) bond motifs is 1. The van der Waals surface area contributed by atoms with Crippen molar-refractivity contribution in [3.63, 3.8) is 0 Å². The van der Waals surface area contributed by atoms with Gasteiger partial charge in [0.15, 0.2) is 0 Å². The van der Waals surface area contributed by atoms with E-state index in [1.165, 1.54) is 22.5 Å². The van der Waals surface area contributed by atoms with Crippen LogP contribution in [0.25, 0.3) is 10.2 Å². The van der Waals surface area contributed by atoms with Gasteiger partial charge < -0.3 is 5.11 Å². The average molecular weight is 205 g/mol. The molecule has 0 unspecified atom stereocenters. The lowest BCUT2D eigenvalue weighted by molar-refractivity contribution is 0.282. The van der Waals surface area contributed by atoms with E-state index in [1.807, 2.05) is 12.1 Å². The highest BCUT2D eigenvalue weighted by Gasteiger charge is 2.26. The smallest absolute Gasteiger partial charge is 0.0969 e. The number of nitrogens with zero attached hydrogens (tertiary/aromatic N) is 1. The molecule has 14 heavy (non-hydrogen) atoms. The van der Waals surface area contributed by atoms with Crippen molar-refractivity contribution in [1.29, 1.82) is 0 Å². The van der Waals surface area contributed by atoms with Crippen molar-refractivity contribution in [3.8, 4) is 0 Å². The van der Waals surface area contributed by atoms with Gasteiger partial charge in [-0.05, 0) is 30.5 Å². The van der Waals surface area contributed by atoms with Gasteiger partial charge in [0.2, 0.25) is 0 Å². The molecular formula is C11H11NOS. The van der Waals surface area contributed by atoms with Crippen molar-refractivity contribution in [3.05, 3.63) is 28.8 Å². The molecule has 0 aliphatic heterocycles. The Hall–Kier alpha value is -0.930. The summed E-state index contributed by atoms with van der Waals surface area (Å²) in [6, 6.07) is 6.01. The highest BCUT2D eigenvalue weighted by Crippen LogP contribution is 2.43. The Morgan fingerprint density at radius 1 is 1.43 bits per heavy atom. The molecule has 1 fully saturated rings. The lowest BCUT2D eigenvalue weighted by Crippen LogP contribution is -1.81. The molecule has 0 atom stereocenters. The Balaban J connectivity index is 2.12. The molecule has 1 N–H and O–H groups in total. The van der Waals surface area contributed by atoms with Crippen LogP contribution < -0.4 is 0 Å². The molecule has 0 bridgehead atoms. The van der Waals surface area contributed by atoms with E-state index >= 15 is 0 Å². The summed E-state index contributed by atoms with van der Waals surface area (Å²) in [5.74, 6) is 0.727. The molecule has 72 valence electrons. The number of aliphatic hydroxyl groups is 1. The van der Waals surface area contributed by atoms with Crippen LogP contribution in [0.1, 0.15) is 29.3 Å². The van der Waals surface area contributed by atoms with Crippen molar-refractivity contribution >= 4 is 21.6 Å². The van der Waals surface area contributed by atoms with E-state index in [9.17, 15) is 0 Å². The van der Waals surface area contributed by atoms with Crippen molar-refractivity contribution in [2.45, 2.75) is 25.4 Å². The topological polar surface area (TPSA) is 33.1 Å². The third-order valence-corrected chi connectivity index (χ3v) is 3.78. The molecule has 0 radical (unpaired) electrons. The lowest BCUT2D eigenvalue weighted by atomic mass is 10.2. The molecule has 0 spiro atoms. The van der Waals surface area contributed by atoms with Crippen LogP contribution in [-0.2, 0) is 6.61 Å². The minimum Gasteiger partial charge on any atom is -0.392 e. The quantitative estimate of drug-likeness (QED) is 0.817. The predicted octanol–water partition coefficient (Wildman–Crippen LogP) is 2.67. The van der Waals surface area contributed by atoms with Crippen LogP contribution in [0.15, 0.2) is 18.2 Å². The monoisotopic (exact) mass is 205 g/mol. The summed E-state index contributed by atoms with van der Waals surface area (Å²) in [5.41, 5.74) is 1.99. The van der Waals surface area contributed by atoms with Crippen LogP contribution in [0, 0.1) is 0 Å². The van der Waals surface area contributed by atoms with E-state index in [0.29, 0.717) is 0 Å². The molecule has 1 aliphatic carbocycles. The Bertz CT molecular complexity index is 473. The van der Waals surface area contributed by atoms with Crippen LogP contribution in [-0.4, -0.2) is 10.1 Å². The van der Waals surface area contributed by atoms with E-state index in [2.05, 4.69) is 11.1 Å². The maximum atomic E-state index is 9.00. The van der Waals surface area contributed by atoms with E-state index in [-0.39, 0.29) is 6.61 Å². The minimum absolute atomic E-state index is 0.103. The second kappa shape index (κ2) is 3.04. The standard InChI is InChI=1S/C11H11NOS/c13-6-7-1-4-10-9(5-7)12-11(14-10)8-2-3-8/h1,4-5,8,13H,2-3,6H2. The van der Waals surface area contributed by atoms with Gasteiger partial charge in [-0.25, -0.2) is 4.98 Å². The maximum absolute atomic E-state index is 9.00. The fourth-order valence-corrected chi connectivity index (χ4v) is 2.71. The largest absolute Gasteiger partial charge is 0.392 e. The van der Waals surface area contributed by atoms with Gasteiger partial charge in [-0.15, -0.1) is 11.3 Å². The van der Waals surface area contributed by atoms with Crippen molar-refractivity contribution in [2.24, 2.45) is 0 Å². The van der Waals surface area contributed by atoms with Crippen LogP contribution in [0.3, 0.4) is 0 Å². The summed E-state index contributed by atoms with van der Waals surface area (Å²) in [7, 11) is 0. The Kier molecular flexibility index (Phi) is 1.82. The summed E-state index contributed by atoms with van der Waals surface area (Å²) in [5, 5.41) is 10.3. The Morgan fingerprint density at radius 2 is 2.29 bits per heavy atom. The van der Waals surface area contributed by atoms with E-state index in [4.69, 9.17) is 5.11 Å². The fraction of sp³-hybridized carbons (Fsp3) is 0.364. The number of hydrogen-bond acceptors (Lipinski definition) is 3. The van der Waals surface area contributed by atoms with E-state index < -0.39 is 0 Å². The zero-order valence-electron chi connectivity index (χ0n) is 7.73. The molecule has 3 heteroatoms. The lowest BCUT2D eigenvalue weighted by Gasteiger charge is -1.93. The summed E-state index contributed by atoms with van der Waals surface area (Å²) in [4.78, 5) is 4.59. The molecule has 2 aromatic rings. The zero-order chi connectivity index (χ0) is 9.54. The van der Waals surface area contributed by atoms with Gasteiger partial charge in [0, 0.05) is 5.92 Å². The highest BCUT2D eigenvalue weighted by atomic mass is 32.1. The molecular weight excluding hydrogens is 194 g/mol. The number of rotatable bonds is 2. The molecule has 1 aromatic heterocycles. The molecule has 1 saturated carbocycles. The van der Waals surface area contributed by atoms with E-state index in [0.717, 1.165) is 17.0 Å². The zero-order valence-corrected chi connectivity index (χ0v) is 8.55. The first-order valence-corrected chi connectivity index (χ1v) is 5.68. The number of aromatic nitrogens is 1. The highest BCUT2D eigenvalue weighted by molar-refractivity contribution is 7.18. The SMILES string of the molecule is OCc1ccc2sc(C3CC3)nc2c1. The van der Waals surface area contributed by atoms with Crippen LogP contribution in [0.2, 0.25) is 0 Å². The Labute approximate surface area is 86.2 Å². The number of aliphatic hydroxyl groups excluding tert-OH is 1. The summed E-state index contributed by atoms with van der Waals surface area (Å²) >= 11 is 1.79. The van der Waals surface area contributed by atoms with Crippen molar-refractivity contribution in [2.75, 3.05) is 0 Å². The van der Waals surface area contributed by atoms with Crippen molar-refractivity contribution < 1.29 is 5.11 Å². The molecule has 1 heterocycles. The molecule has 0 saturated heterocycles. The molecule has 3 rings (SSSR count). The van der Waals surface area contributed by atoms with Gasteiger partial charge in [0.25, 0.3) is 0 Å². The van der Waals surface area contributed by atoms with Gasteiger partial charge in [-0.3, -0.25) is 0 Å².